The van der Waals surface area contributed by atoms with Crippen LogP contribution >= 0.6 is 0 Å². The first kappa shape index (κ1) is 14.0. The summed E-state index contributed by atoms with van der Waals surface area (Å²) in [6, 6.07) is 3.39. The van der Waals surface area contributed by atoms with Gasteiger partial charge in [0.1, 0.15) is 28.8 Å². The third-order valence-corrected chi connectivity index (χ3v) is 2.63. The van der Waals surface area contributed by atoms with Crippen LogP contribution in [0, 0.1) is 23.3 Å². The van der Waals surface area contributed by atoms with Crippen molar-refractivity contribution >= 4 is 17.1 Å². The number of ether oxygens (including phenoxy) is 1. The van der Waals surface area contributed by atoms with E-state index in [2.05, 4.69) is 5.32 Å². The fourth-order valence-corrected chi connectivity index (χ4v) is 1.63. The first-order valence-corrected chi connectivity index (χ1v) is 5.47. The Morgan fingerprint density at radius 3 is 2.35 bits per heavy atom. The van der Waals surface area contributed by atoms with Crippen molar-refractivity contribution < 1.29 is 22.3 Å². The lowest BCUT2D eigenvalue weighted by Crippen LogP contribution is -2.05. The topological polar surface area (TPSA) is 47.3 Å². The zero-order chi connectivity index (χ0) is 14.9. The van der Waals surface area contributed by atoms with Crippen LogP contribution in [0.2, 0.25) is 0 Å². The Balaban J connectivity index is 2.50. The second-order valence-corrected chi connectivity index (χ2v) is 3.91. The number of nitrogens with one attached hydrogen (secondary N) is 1. The maximum atomic E-state index is 13.7. The van der Waals surface area contributed by atoms with Gasteiger partial charge in [0.25, 0.3) is 0 Å². The largest absolute Gasteiger partial charge is 0.494 e. The third kappa shape index (κ3) is 2.47. The number of halogens is 4. The van der Waals surface area contributed by atoms with Gasteiger partial charge in [-0.2, -0.15) is 0 Å². The Morgan fingerprint density at radius 2 is 1.75 bits per heavy atom. The van der Waals surface area contributed by atoms with Gasteiger partial charge < -0.3 is 15.8 Å². The molecule has 3 nitrogen and oxygen atoms in total. The van der Waals surface area contributed by atoms with Crippen molar-refractivity contribution in [1.82, 2.24) is 0 Å². The summed E-state index contributed by atoms with van der Waals surface area (Å²) in [4.78, 5) is 0. The van der Waals surface area contributed by atoms with E-state index in [9.17, 15) is 17.6 Å². The van der Waals surface area contributed by atoms with Gasteiger partial charge in [-0.3, -0.25) is 0 Å². The van der Waals surface area contributed by atoms with Crippen molar-refractivity contribution in [2.24, 2.45) is 0 Å². The van der Waals surface area contributed by atoms with Crippen LogP contribution < -0.4 is 15.8 Å². The molecule has 2 aromatic rings. The molecule has 0 saturated carbocycles. The Bertz CT molecular complexity index is 661. The van der Waals surface area contributed by atoms with E-state index in [0.29, 0.717) is 6.07 Å². The maximum absolute atomic E-state index is 13.7. The number of nitrogen functional groups attached to an aromatic ring is 1. The minimum absolute atomic E-state index is 0.103. The van der Waals surface area contributed by atoms with Crippen LogP contribution in [0.5, 0.6) is 5.75 Å². The summed E-state index contributed by atoms with van der Waals surface area (Å²) in [5.74, 6) is -4.35. The molecule has 0 atom stereocenters. The van der Waals surface area contributed by atoms with Crippen molar-refractivity contribution in [3.8, 4) is 5.75 Å². The van der Waals surface area contributed by atoms with Crippen LogP contribution in [0.3, 0.4) is 0 Å². The molecule has 0 aliphatic heterocycles. The molecule has 0 aliphatic rings. The highest BCUT2D eigenvalue weighted by Crippen LogP contribution is 2.36. The van der Waals surface area contributed by atoms with Crippen molar-refractivity contribution in [2.45, 2.75) is 0 Å². The smallest absolute Gasteiger partial charge is 0.184 e. The van der Waals surface area contributed by atoms with Gasteiger partial charge in [0.15, 0.2) is 11.6 Å². The average Bonchev–Trinajstić information content (AvgIpc) is 2.41. The highest BCUT2D eigenvalue weighted by Gasteiger charge is 2.18. The molecule has 0 amide bonds. The summed E-state index contributed by atoms with van der Waals surface area (Å²) in [5.41, 5.74) is 4.65. The molecule has 0 saturated heterocycles. The van der Waals surface area contributed by atoms with Gasteiger partial charge in [-0.15, -0.1) is 0 Å². The summed E-state index contributed by atoms with van der Waals surface area (Å²) in [6.07, 6.45) is 0. The minimum Gasteiger partial charge on any atom is -0.494 e. The molecule has 0 radical (unpaired) electrons. The first-order chi connectivity index (χ1) is 9.43. The molecule has 3 N–H and O–H groups in total. The lowest BCUT2D eigenvalue weighted by molar-refractivity contribution is 0.409. The second kappa shape index (κ2) is 5.28. The number of methoxy groups -OCH3 is 1. The Hall–Kier alpha value is -2.44. The van der Waals surface area contributed by atoms with Gasteiger partial charge in [0, 0.05) is 12.1 Å². The number of benzene rings is 2. The molecule has 0 unspecified atom stereocenters. The van der Waals surface area contributed by atoms with Crippen molar-refractivity contribution in [1.29, 1.82) is 0 Å². The third-order valence-electron chi connectivity index (χ3n) is 2.63. The van der Waals surface area contributed by atoms with Gasteiger partial charge in [0.05, 0.1) is 12.8 Å². The number of hydrogen-bond donors (Lipinski definition) is 2. The molecule has 2 rings (SSSR count). The van der Waals surface area contributed by atoms with E-state index in [0.717, 1.165) is 18.2 Å². The predicted octanol–water partition coefficient (Wildman–Crippen LogP) is 3.58. The van der Waals surface area contributed by atoms with Gasteiger partial charge in [-0.25, -0.2) is 17.6 Å². The maximum Gasteiger partial charge on any atom is 0.184 e. The molecule has 7 heteroatoms. The molecular formula is C13H10F4N2O. The summed E-state index contributed by atoms with van der Waals surface area (Å²) in [6.45, 7) is 0. The number of nitrogens with two attached hydrogens (primary N) is 1. The summed E-state index contributed by atoms with van der Waals surface area (Å²) in [7, 11) is 1.23. The molecule has 2 aromatic carbocycles. The second-order valence-electron chi connectivity index (χ2n) is 3.91. The van der Waals surface area contributed by atoms with E-state index in [1.807, 2.05) is 0 Å². The molecule has 0 aromatic heterocycles. The molecule has 0 bridgehead atoms. The van der Waals surface area contributed by atoms with E-state index in [4.69, 9.17) is 10.5 Å². The van der Waals surface area contributed by atoms with E-state index < -0.39 is 29.0 Å². The monoisotopic (exact) mass is 286 g/mol. The van der Waals surface area contributed by atoms with Gasteiger partial charge in [0.2, 0.25) is 0 Å². The zero-order valence-electron chi connectivity index (χ0n) is 10.3. The van der Waals surface area contributed by atoms with Crippen LogP contribution in [0.15, 0.2) is 24.3 Å². The Kier molecular flexibility index (Phi) is 3.69. The first-order valence-electron chi connectivity index (χ1n) is 5.47. The van der Waals surface area contributed by atoms with Crippen LogP contribution in [0.25, 0.3) is 0 Å². The van der Waals surface area contributed by atoms with Gasteiger partial charge in [-0.05, 0) is 12.1 Å². The lowest BCUT2D eigenvalue weighted by atomic mass is 10.2. The molecular weight excluding hydrogens is 276 g/mol. The van der Waals surface area contributed by atoms with E-state index in [-0.39, 0.29) is 17.1 Å². The summed E-state index contributed by atoms with van der Waals surface area (Å²) < 4.78 is 58.1. The summed E-state index contributed by atoms with van der Waals surface area (Å²) >= 11 is 0. The van der Waals surface area contributed by atoms with Crippen molar-refractivity contribution in [2.75, 3.05) is 18.2 Å². The molecule has 20 heavy (non-hydrogen) atoms. The number of anilines is 3. The fraction of sp³-hybridized carbons (Fsp3) is 0.0769. The van der Waals surface area contributed by atoms with Gasteiger partial charge in [-0.1, -0.05) is 0 Å². The average molecular weight is 286 g/mol. The summed E-state index contributed by atoms with van der Waals surface area (Å²) in [5, 5.41) is 2.29. The van der Waals surface area contributed by atoms with Gasteiger partial charge >= 0.3 is 0 Å². The SMILES string of the molecule is COc1cc(F)c(F)c(Nc2ccc(F)cc2F)c1N. The quantitative estimate of drug-likeness (QED) is 0.669. The predicted molar refractivity (Wildman–Crippen MR) is 67.0 cm³/mol. The van der Waals surface area contributed by atoms with E-state index in [1.54, 1.807) is 0 Å². The fourth-order valence-electron chi connectivity index (χ4n) is 1.63. The molecule has 0 aliphatic carbocycles. The normalized spacial score (nSPS) is 10.4. The van der Waals surface area contributed by atoms with E-state index in [1.165, 1.54) is 7.11 Å². The van der Waals surface area contributed by atoms with Crippen molar-refractivity contribution in [3.63, 3.8) is 0 Å². The van der Waals surface area contributed by atoms with Crippen LogP contribution in [-0.4, -0.2) is 7.11 Å². The van der Waals surface area contributed by atoms with Crippen LogP contribution in [0.4, 0.5) is 34.6 Å². The molecule has 0 spiro atoms. The van der Waals surface area contributed by atoms with E-state index >= 15 is 0 Å². The minimum atomic E-state index is -1.29. The highest BCUT2D eigenvalue weighted by atomic mass is 19.2. The number of rotatable bonds is 3. The molecule has 106 valence electrons. The lowest BCUT2D eigenvalue weighted by Gasteiger charge is -2.14. The Labute approximate surface area is 112 Å². The van der Waals surface area contributed by atoms with Crippen molar-refractivity contribution in [3.05, 3.63) is 47.5 Å². The Morgan fingerprint density at radius 1 is 1.05 bits per heavy atom. The number of hydrogen-bond acceptors (Lipinski definition) is 3. The zero-order valence-corrected chi connectivity index (χ0v) is 10.3. The standard InChI is InChI=1S/C13H10F4N2O/c1-20-10-5-8(16)11(17)13(12(10)18)19-9-3-2-6(14)4-7(9)15/h2-5,19H,18H2,1H3. The molecule has 0 fully saturated rings. The molecule has 0 heterocycles. The highest BCUT2D eigenvalue weighted by molar-refractivity contribution is 5.78. The van der Waals surface area contributed by atoms with Crippen LogP contribution in [-0.2, 0) is 0 Å². The van der Waals surface area contributed by atoms with Crippen LogP contribution in [0.1, 0.15) is 0 Å².